The molecule has 0 aromatic carbocycles. The van der Waals surface area contributed by atoms with Crippen LogP contribution in [-0.2, 0) is 9.63 Å². The number of carbonyl (C=O) groups excluding carboxylic acids is 1. The molecule has 27 heavy (non-hydrogen) atoms. The molecule has 0 aromatic rings. The quantitative estimate of drug-likeness (QED) is 0.536. The van der Waals surface area contributed by atoms with Gasteiger partial charge in [0.05, 0.1) is 5.71 Å². The van der Waals surface area contributed by atoms with Gasteiger partial charge in [-0.1, -0.05) is 19.0 Å². The number of likely N-dealkylation sites (N-methyl/N-ethyl adjacent to an activating group) is 1. The van der Waals surface area contributed by atoms with E-state index in [1.807, 2.05) is 0 Å². The number of nitrogens with zero attached hydrogens (tertiary/aromatic N) is 2. The van der Waals surface area contributed by atoms with E-state index >= 15 is 0 Å². The molecule has 0 radical (unpaired) electrons. The second-order valence-corrected chi connectivity index (χ2v) is 10.6. The number of fused-ring (bicyclic) bond motifs is 5. The molecule has 4 saturated carbocycles. The van der Waals surface area contributed by atoms with Gasteiger partial charge in [-0.2, -0.15) is 0 Å². The molecule has 4 rings (SSSR count). The van der Waals surface area contributed by atoms with Crippen LogP contribution in [0.2, 0.25) is 0 Å². The number of Topliss-reactive ketones (excluding diaryl/α,β-unsaturated/α-hetero) is 1. The molecule has 6 atom stereocenters. The lowest BCUT2D eigenvalue weighted by molar-refractivity contribution is -0.137. The largest absolute Gasteiger partial charge is 0.394 e. The molecule has 0 spiro atoms. The fraction of sp³-hybridized carbons (Fsp3) is 0.913. The predicted molar refractivity (Wildman–Crippen MR) is 109 cm³/mol. The van der Waals surface area contributed by atoms with Gasteiger partial charge in [0.25, 0.3) is 0 Å². The third kappa shape index (κ3) is 3.26. The van der Waals surface area contributed by atoms with Crippen molar-refractivity contribution in [3.63, 3.8) is 0 Å². The van der Waals surface area contributed by atoms with Crippen LogP contribution < -0.4 is 0 Å². The van der Waals surface area contributed by atoms with Crippen molar-refractivity contribution in [1.29, 1.82) is 0 Å². The Morgan fingerprint density at radius 3 is 2.67 bits per heavy atom. The zero-order valence-electron chi connectivity index (χ0n) is 17.8. The summed E-state index contributed by atoms with van der Waals surface area (Å²) in [5.74, 6) is 3.57. The van der Waals surface area contributed by atoms with Crippen molar-refractivity contribution in [1.82, 2.24) is 4.90 Å². The van der Waals surface area contributed by atoms with E-state index in [9.17, 15) is 4.79 Å². The van der Waals surface area contributed by atoms with E-state index in [0.717, 1.165) is 56.4 Å². The van der Waals surface area contributed by atoms with Gasteiger partial charge in [-0.3, -0.25) is 4.79 Å². The highest BCUT2D eigenvalue weighted by Crippen LogP contribution is 2.65. The van der Waals surface area contributed by atoms with Gasteiger partial charge in [-0.25, -0.2) is 0 Å². The molecule has 0 heterocycles. The first-order valence-electron chi connectivity index (χ1n) is 11.2. The van der Waals surface area contributed by atoms with E-state index in [4.69, 9.17) is 4.84 Å². The van der Waals surface area contributed by atoms with Crippen molar-refractivity contribution >= 4 is 11.5 Å². The standard InChI is InChI=1S/C23H38N2O2/c1-22-11-9-17(24-27-14-13-25(3)4)15-16(22)5-6-18-19-7-8-21(26)23(19,2)12-10-20(18)22/h16,18-20H,5-15H2,1-4H3/b24-17-/t16?,18?,19?,20?,22-,23-/m0/s1. The molecule has 4 fully saturated rings. The summed E-state index contributed by atoms with van der Waals surface area (Å²) in [5, 5.41) is 4.50. The van der Waals surface area contributed by atoms with Crippen molar-refractivity contribution < 1.29 is 9.63 Å². The molecule has 0 saturated heterocycles. The van der Waals surface area contributed by atoms with E-state index < -0.39 is 0 Å². The SMILES string of the molecule is CN(C)CCO/N=C1/CC[C@@]2(C)C(CCC3C2CC[C@]2(C)C(=O)CCC32)C1. The molecular weight excluding hydrogens is 336 g/mol. The molecular formula is C23H38N2O2. The summed E-state index contributed by atoms with van der Waals surface area (Å²) in [5.41, 5.74) is 1.73. The van der Waals surface area contributed by atoms with Crippen LogP contribution in [0.3, 0.4) is 0 Å². The number of ketones is 1. The van der Waals surface area contributed by atoms with Crippen molar-refractivity contribution in [3.8, 4) is 0 Å². The Hall–Kier alpha value is -0.900. The minimum absolute atomic E-state index is 0.00588. The Kier molecular flexibility index (Phi) is 5.15. The van der Waals surface area contributed by atoms with E-state index in [0.29, 0.717) is 23.7 Å². The maximum Gasteiger partial charge on any atom is 0.139 e. The summed E-state index contributed by atoms with van der Waals surface area (Å²) >= 11 is 0. The Bertz CT molecular complexity index is 615. The molecule has 0 amide bonds. The molecule has 4 heteroatoms. The molecule has 0 N–H and O–H groups in total. The minimum atomic E-state index is 0.00588. The average Bonchev–Trinajstić information content (AvgIpc) is 2.94. The number of oxime groups is 1. The maximum absolute atomic E-state index is 12.5. The normalized spacial score (nSPS) is 45.5. The van der Waals surface area contributed by atoms with E-state index in [1.165, 1.54) is 31.4 Å². The Morgan fingerprint density at radius 2 is 1.89 bits per heavy atom. The molecule has 152 valence electrons. The fourth-order valence-corrected chi connectivity index (χ4v) is 7.27. The van der Waals surface area contributed by atoms with Gasteiger partial charge in [-0.05, 0) is 94.5 Å². The van der Waals surface area contributed by atoms with Crippen LogP contribution in [0.15, 0.2) is 5.16 Å². The highest BCUT2D eigenvalue weighted by Gasteiger charge is 2.60. The number of rotatable bonds is 4. The van der Waals surface area contributed by atoms with Crippen LogP contribution in [0.1, 0.15) is 71.6 Å². The fourth-order valence-electron chi connectivity index (χ4n) is 7.27. The lowest BCUT2D eigenvalue weighted by Crippen LogP contribution is -2.53. The summed E-state index contributed by atoms with van der Waals surface area (Å²) in [6.45, 7) is 6.45. The Balaban J connectivity index is 1.43. The van der Waals surface area contributed by atoms with Crippen molar-refractivity contribution in [2.75, 3.05) is 27.2 Å². The predicted octanol–water partition coefficient (Wildman–Crippen LogP) is 4.53. The van der Waals surface area contributed by atoms with Gasteiger partial charge < -0.3 is 9.74 Å². The lowest BCUT2D eigenvalue weighted by atomic mass is 9.45. The first-order valence-corrected chi connectivity index (χ1v) is 11.2. The second-order valence-electron chi connectivity index (χ2n) is 10.6. The third-order valence-electron chi connectivity index (χ3n) is 9.03. The Labute approximate surface area is 165 Å². The zero-order chi connectivity index (χ0) is 19.2. The minimum Gasteiger partial charge on any atom is -0.394 e. The van der Waals surface area contributed by atoms with Crippen LogP contribution in [-0.4, -0.2) is 43.6 Å². The van der Waals surface area contributed by atoms with Gasteiger partial charge in [0.1, 0.15) is 12.4 Å². The van der Waals surface area contributed by atoms with Crippen LogP contribution in [0.25, 0.3) is 0 Å². The molecule has 4 unspecified atom stereocenters. The van der Waals surface area contributed by atoms with E-state index in [-0.39, 0.29) is 5.41 Å². The van der Waals surface area contributed by atoms with Crippen LogP contribution in [0, 0.1) is 34.5 Å². The summed E-state index contributed by atoms with van der Waals surface area (Å²) in [7, 11) is 4.13. The summed E-state index contributed by atoms with van der Waals surface area (Å²) in [6, 6.07) is 0. The molecule has 0 aliphatic heterocycles. The van der Waals surface area contributed by atoms with Crippen LogP contribution in [0.5, 0.6) is 0 Å². The second kappa shape index (κ2) is 7.17. The topological polar surface area (TPSA) is 41.9 Å². The third-order valence-corrected chi connectivity index (χ3v) is 9.03. The molecule has 0 aromatic heterocycles. The van der Waals surface area contributed by atoms with E-state index in [2.05, 4.69) is 38.0 Å². The van der Waals surface area contributed by atoms with Crippen molar-refractivity contribution in [3.05, 3.63) is 0 Å². The summed E-state index contributed by atoms with van der Waals surface area (Å²) < 4.78 is 0. The summed E-state index contributed by atoms with van der Waals surface area (Å²) in [4.78, 5) is 20.3. The molecule has 4 aliphatic carbocycles. The first kappa shape index (κ1) is 19.4. The first-order chi connectivity index (χ1) is 12.8. The number of carbonyl (C=O) groups is 1. The number of hydrogen-bond donors (Lipinski definition) is 0. The van der Waals surface area contributed by atoms with Gasteiger partial charge >= 0.3 is 0 Å². The smallest absolute Gasteiger partial charge is 0.139 e. The lowest BCUT2D eigenvalue weighted by Gasteiger charge is -2.59. The van der Waals surface area contributed by atoms with Crippen molar-refractivity contribution in [2.24, 2.45) is 39.7 Å². The van der Waals surface area contributed by atoms with Gasteiger partial charge in [0.2, 0.25) is 0 Å². The molecule has 4 aliphatic rings. The Morgan fingerprint density at radius 1 is 1.07 bits per heavy atom. The highest BCUT2D eigenvalue weighted by atomic mass is 16.6. The monoisotopic (exact) mass is 374 g/mol. The molecule has 0 bridgehead atoms. The van der Waals surface area contributed by atoms with Gasteiger partial charge in [-0.15, -0.1) is 0 Å². The number of hydrogen-bond acceptors (Lipinski definition) is 4. The van der Waals surface area contributed by atoms with E-state index in [1.54, 1.807) is 0 Å². The van der Waals surface area contributed by atoms with Crippen LogP contribution in [0.4, 0.5) is 0 Å². The van der Waals surface area contributed by atoms with Crippen LogP contribution >= 0.6 is 0 Å². The average molecular weight is 375 g/mol. The molecule has 4 nitrogen and oxygen atoms in total. The van der Waals surface area contributed by atoms with Gasteiger partial charge in [0, 0.05) is 18.4 Å². The zero-order valence-corrected chi connectivity index (χ0v) is 17.8. The highest BCUT2D eigenvalue weighted by molar-refractivity contribution is 5.87. The van der Waals surface area contributed by atoms with Gasteiger partial charge in [0.15, 0.2) is 0 Å². The van der Waals surface area contributed by atoms with Crippen molar-refractivity contribution in [2.45, 2.75) is 71.6 Å². The maximum atomic E-state index is 12.5. The summed E-state index contributed by atoms with van der Waals surface area (Å²) in [6.07, 6.45) is 10.5.